The summed E-state index contributed by atoms with van der Waals surface area (Å²) in [6.07, 6.45) is -1.44. The van der Waals surface area contributed by atoms with Crippen LogP contribution in [0.1, 0.15) is 73.4 Å². The fourth-order valence-corrected chi connectivity index (χ4v) is 3.09. The van der Waals surface area contributed by atoms with Gasteiger partial charge in [0.1, 0.15) is 11.2 Å². The lowest BCUT2D eigenvalue weighted by atomic mass is 9.86. The molecule has 2 N–H and O–H groups in total. The Bertz CT molecular complexity index is 1020. The zero-order valence-corrected chi connectivity index (χ0v) is 22.4. The summed E-state index contributed by atoms with van der Waals surface area (Å²) in [4.78, 5) is 29.0. The number of nitrogens with zero attached hydrogens (tertiary/aromatic N) is 1. The highest BCUT2D eigenvalue weighted by atomic mass is 16.6. The van der Waals surface area contributed by atoms with Gasteiger partial charge >= 0.3 is 12.2 Å². The molecule has 190 valence electrons. The van der Waals surface area contributed by atoms with Crippen molar-refractivity contribution >= 4 is 18.1 Å². The minimum absolute atomic E-state index is 0.0477. The number of ether oxygens (including phenoxy) is 2. The molecular weight excluding hydrogens is 442 g/mol. The molecule has 2 aromatic rings. The summed E-state index contributed by atoms with van der Waals surface area (Å²) in [6.45, 7) is 17.3. The smallest absolute Gasteiger partial charge is 0.414 e. The molecule has 0 aliphatic carbocycles. The largest absolute Gasteiger partial charge is 0.444 e. The second kappa shape index (κ2) is 10.9. The Balaban J connectivity index is 2.22. The average Bonchev–Trinajstić information content (AvgIpc) is 2.69. The molecule has 0 saturated carbocycles. The van der Waals surface area contributed by atoms with Crippen molar-refractivity contribution in [2.24, 2.45) is 4.99 Å². The second-order valence-corrected chi connectivity index (χ2v) is 11.4. The maximum absolute atomic E-state index is 12.3. The van der Waals surface area contributed by atoms with E-state index in [-0.39, 0.29) is 17.9 Å². The molecule has 0 saturated heterocycles. The van der Waals surface area contributed by atoms with Crippen molar-refractivity contribution in [3.63, 3.8) is 0 Å². The lowest BCUT2D eigenvalue weighted by Crippen LogP contribution is -2.47. The number of aliphatic imine (C=N–C) groups is 1. The van der Waals surface area contributed by atoms with Gasteiger partial charge in [0.2, 0.25) is 5.96 Å². The molecule has 2 amide bonds. The van der Waals surface area contributed by atoms with Gasteiger partial charge in [-0.1, -0.05) is 63.2 Å². The number of hydrogen-bond donors (Lipinski definition) is 2. The van der Waals surface area contributed by atoms with Crippen molar-refractivity contribution in [2.45, 2.75) is 85.5 Å². The van der Waals surface area contributed by atoms with Crippen LogP contribution in [0.2, 0.25) is 0 Å². The first kappa shape index (κ1) is 27.9. The SMILES string of the molecule is CC(C)(C)OC(=O)NC(=NCc1cccc(-c2ccc(C(C)(C)C)cc2)c1)NC(=O)OC(C)(C)C. The topological polar surface area (TPSA) is 89.0 Å². The standard InChI is InChI=1S/C28H39N3O4/c1-26(2,3)22-15-13-20(14-16-22)21-12-10-11-19(17-21)18-29-23(30-24(32)34-27(4,5)6)31-25(33)35-28(7,8)9/h10-17H,18H2,1-9H3,(H2,29,30,31,32,33). The van der Waals surface area contributed by atoms with Crippen LogP contribution in [0.4, 0.5) is 9.59 Å². The van der Waals surface area contributed by atoms with Gasteiger partial charge < -0.3 is 9.47 Å². The number of carbonyl (C=O) groups is 2. The molecule has 0 heterocycles. The van der Waals surface area contributed by atoms with Crippen molar-refractivity contribution in [1.82, 2.24) is 10.6 Å². The first-order valence-electron chi connectivity index (χ1n) is 11.8. The summed E-state index contributed by atoms with van der Waals surface area (Å²) in [5.41, 5.74) is 3.04. The van der Waals surface area contributed by atoms with E-state index in [4.69, 9.17) is 9.47 Å². The summed E-state index contributed by atoms with van der Waals surface area (Å²) in [5, 5.41) is 5.01. The van der Waals surface area contributed by atoms with Crippen LogP contribution in [0.3, 0.4) is 0 Å². The Morgan fingerprint density at radius 3 is 1.71 bits per heavy atom. The number of alkyl carbamates (subject to hydrolysis) is 2. The van der Waals surface area contributed by atoms with E-state index in [2.05, 4.69) is 60.7 Å². The van der Waals surface area contributed by atoms with E-state index in [9.17, 15) is 9.59 Å². The first-order valence-corrected chi connectivity index (χ1v) is 11.8. The zero-order chi connectivity index (χ0) is 26.4. The summed E-state index contributed by atoms with van der Waals surface area (Å²) in [6, 6.07) is 16.5. The molecule has 35 heavy (non-hydrogen) atoms. The molecule has 7 nitrogen and oxygen atoms in total. The lowest BCUT2D eigenvalue weighted by molar-refractivity contribution is 0.0545. The minimum Gasteiger partial charge on any atom is -0.444 e. The van der Waals surface area contributed by atoms with E-state index < -0.39 is 23.4 Å². The van der Waals surface area contributed by atoms with E-state index >= 15 is 0 Å². The molecule has 0 radical (unpaired) electrons. The van der Waals surface area contributed by atoms with Crippen LogP contribution in [0.15, 0.2) is 53.5 Å². The fourth-order valence-electron chi connectivity index (χ4n) is 3.09. The molecule has 0 spiro atoms. The Hall–Kier alpha value is -3.35. The van der Waals surface area contributed by atoms with Gasteiger partial charge in [0.15, 0.2) is 0 Å². The summed E-state index contributed by atoms with van der Waals surface area (Å²) >= 11 is 0. The first-order chi connectivity index (χ1) is 16.0. The van der Waals surface area contributed by atoms with Crippen molar-refractivity contribution < 1.29 is 19.1 Å². The van der Waals surface area contributed by atoms with Crippen LogP contribution in [0.25, 0.3) is 11.1 Å². The highest BCUT2D eigenvalue weighted by Gasteiger charge is 2.21. The Kier molecular flexibility index (Phi) is 8.71. The van der Waals surface area contributed by atoms with Crippen LogP contribution in [0.5, 0.6) is 0 Å². The molecule has 0 unspecified atom stereocenters. The molecular formula is C28H39N3O4. The number of amides is 2. The van der Waals surface area contributed by atoms with Crippen molar-refractivity contribution in [1.29, 1.82) is 0 Å². The predicted molar refractivity (Wildman–Crippen MR) is 140 cm³/mol. The van der Waals surface area contributed by atoms with Crippen LogP contribution in [0, 0.1) is 0 Å². The number of carbonyl (C=O) groups excluding carboxylic acids is 2. The molecule has 0 aliphatic heterocycles. The third kappa shape index (κ3) is 10.2. The van der Waals surface area contributed by atoms with E-state index in [1.807, 2.05) is 24.3 Å². The monoisotopic (exact) mass is 481 g/mol. The Morgan fingerprint density at radius 1 is 0.743 bits per heavy atom. The number of rotatable bonds is 3. The van der Waals surface area contributed by atoms with E-state index in [1.54, 1.807) is 41.5 Å². The summed E-state index contributed by atoms with van der Waals surface area (Å²) in [5.74, 6) is -0.0477. The van der Waals surface area contributed by atoms with Crippen LogP contribution < -0.4 is 10.6 Å². The van der Waals surface area contributed by atoms with Gasteiger partial charge in [-0.05, 0) is 75.3 Å². The molecule has 2 aromatic carbocycles. The van der Waals surface area contributed by atoms with E-state index in [0.717, 1.165) is 16.7 Å². The van der Waals surface area contributed by atoms with Gasteiger partial charge in [-0.25, -0.2) is 14.6 Å². The summed E-state index contributed by atoms with van der Waals surface area (Å²) < 4.78 is 10.6. The van der Waals surface area contributed by atoms with Gasteiger partial charge in [-0.3, -0.25) is 10.6 Å². The summed E-state index contributed by atoms with van der Waals surface area (Å²) in [7, 11) is 0. The van der Waals surface area contributed by atoms with Crippen LogP contribution >= 0.6 is 0 Å². The van der Waals surface area contributed by atoms with Crippen molar-refractivity contribution in [2.75, 3.05) is 0 Å². The zero-order valence-electron chi connectivity index (χ0n) is 22.4. The molecule has 0 bridgehead atoms. The average molecular weight is 482 g/mol. The number of benzene rings is 2. The molecule has 0 fully saturated rings. The molecule has 7 heteroatoms. The van der Waals surface area contributed by atoms with E-state index in [1.165, 1.54) is 5.56 Å². The van der Waals surface area contributed by atoms with Gasteiger partial charge in [-0.15, -0.1) is 0 Å². The highest BCUT2D eigenvalue weighted by molar-refractivity contribution is 6.01. The normalized spacial score (nSPS) is 11.9. The quantitative estimate of drug-likeness (QED) is 0.384. The number of guanidine groups is 1. The van der Waals surface area contributed by atoms with Gasteiger partial charge in [0.05, 0.1) is 6.54 Å². The third-order valence-corrected chi connectivity index (χ3v) is 4.67. The van der Waals surface area contributed by atoms with Gasteiger partial charge in [0.25, 0.3) is 0 Å². The fraction of sp³-hybridized carbons (Fsp3) is 0.464. The third-order valence-electron chi connectivity index (χ3n) is 4.67. The van der Waals surface area contributed by atoms with Crippen molar-refractivity contribution in [3.8, 4) is 11.1 Å². The van der Waals surface area contributed by atoms with Gasteiger partial charge in [-0.2, -0.15) is 0 Å². The second-order valence-electron chi connectivity index (χ2n) is 11.4. The van der Waals surface area contributed by atoms with Crippen molar-refractivity contribution in [3.05, 3.63) is 59.7 Å². The Morgan fingerprint density at radius 2 is 1.26 bits per heavy atom. The molecule has 0 atom stereocenters. The number of hydrogen-bond acceptors (Lipinski definition) is 5. The number of nitrogens with one attached hydrogen (secondary N) is 2. The lowest BCUT2D eigenvalue weighted by Gasteiger charge is -2.22. The van der Waals surface area contributed by atoms with Crippen LogP contribution in [-0.2, 0) is 21.4 Å². The maximum atomic E-state index is 12.3. The van der Waals surface area contributed by atoms with Crippen LogP contribution in [-0.4, -0.2) is 29.3 Å². The Labute approximate surface area is 209 Å². The highest BCUT2D eigenvalue weighted by Crippen LogP contribution is 2.26. The molecule has 2 rings (SSSR count). The predicted octanol–water partition coefficient (Wildman–Crippen LogP) is 6.56. The van der Waals surface area contributed by atoms with Gasteiger partial charge in [0, 0.05) is 0 Å². The maximum Gasteiger partial charge on any atom is 0.414 e. The van der Waals surface area contributed by atoms with E-state index in [0.29, 0.717) is 0 Å². The minimum atomic E-state index is -0.722. The molecule has 0 aliphatic rings. The molecule has 0 aromatic heterocycles.